The van der Waals surface area contributed by atoms with Gasteiger partial charge in [0.25, 0.3) is 0 Å². The molecule has 1 fully saturated rings. The maximum absolute atomic E-state index is 11.9. The van der Waals surface area contributed by atoms with E-state index >= 15 is 0 Å². The second-order valence-electron chi connectivity index (χ2n) is 5.56. The zero-order valence-electron chi connectivity index (χ0n) is 12.2. The minimum atomic E-state index is -3.98. The number of carboxylic acids is 2. The summed E-state index contributed by atoms with van der Waals surface area (Å²) in [6, 6.07) is 7.10. The van der Waals surface area contributed by atoms with Crippen molar-refractivity contribution in [3.05, 3.63) is 35.4 Å². The van der Waals surface area contributed by atoms with Crippen molar-refractivity contribution in [3.8, 4) is 0 Å². The molecular formula is C14H17NO6S. The predicted octanol–water partition coefficient (Wildman–Crippen LogP) is 0.652. The molecule has 22 heavy (non-hydrogen) atoms. The third kappa shape index (κ3) is 2.84. The molecule has 120 valence electrons. The molecule has 1 aromatic rings. The molecule has 0 saturated heterocycles. The van der Waals surface area contributed by atoms with E-state index in [4.69, 9.17) is 5.11 Å². The van der Waals surface area contributed by atoms with Crippen LogP contribution in [0.4, 0.5) is 0 Å². The maximum Gasteiger partial charge on any atom is 0.325 e. The molecular weight excluding hydrogens is 310 g/mol. The monoisotopic (exact) mass is 327 g/mol. The summed E-state index contributed by atoms with van der Waals surface area (Å²) in [4.78, 5) is 22.6. The van der Waals surface area contributed by atoms with E-state index in [9.17, 15) is 23.1 Å². The van der Waals surface area contributed by atoms with Gasteiger partial charge in [0.2, 0.25) is 10.0 Å². The highest BCUT2D eigenvalue weighted by Crippen LogP contribution is 2.56. The van der Waals surface area contributed by atoms with Crippen LogP contribution in [-0.4, -0.2) is 53.2 Å². The largest absolute Gasteiger partial charge is 0.480 e. The van der Waals surface area contributed by atoms with Gasteiger partial charge in [0.05, 0.1) is 6.26 Å². The SMILES string of the molecule is Cc1ccc(C2CC2(C(=O)O)N(CC(=O)O)S(C)(=O)=O)cc1. The van der Waals surface area contributed by atoms with Crippen molar-refractivity contribution < 1.29 is 28.2 Å². The average Bonchev–Trinajstić information content (AvgIpc) is 3.12. The first-order chi connectivity index (χ1) is 10.1. The summed E-state index contributed by atoms with van der Waals surface area (Å²) in [5.74, 6) is -3.27. The van der Waals surface area contributed by atoms with Gasteiger partial charge < -0.3 is 10.2 Å². The molecule has 0 aromatic heterocycles. The fraction of sp³-hybridized carbons (Fsp3) is 0.429. The molecule has 0 heterocycles. The van der Waals surface area contributed by atoms with E-state index in [1.165, 1.54) is 0 Å². The van der Waals surface area contributed by atoms with Crippen LogP contribution < -0.4 is 0 Å². The van der Waals surface area contributed by atoms with E-state index in [1.54, 1.807) is 12.1 Å². The fourth-order valence-electron chi connectivity index (χ4n) is 2.74. The number of carbonyl (C=O) groups is 2. The molecule has 0 radical (unpaired) electrons. The summed E-state index contributed by atoms with van der Waals surface area (Å²) in [7, 11) is -3.98. The molecule has 0 bridgehead atoms. The number of aryl methyl sites for hydroxylation is 1. The van der Waals surface area contributed by atoms with Crippen molar-refractivity contribution >= 4 is 22.0 Å². The van der Waals surface area contributed by atoms with Gasteiger partial charge in [-0.15, -0.1) is 0 Å². The molecule has 1 aliphatic carbocycles. The number of nitrogens with zero attached hydrogens (tertiary/aromatic N) is 1. The molecule has 1 saturated carbocycles. The second-order valence-corrected chi connectivity index (χ2v) is 7.47. The van der Waals surface area contributed by atoms with Crippen LogP contribution in [0, 0.1) is 6.92 Å². The maximum atomic E-state index is 11.9. The molecule has 1 aromatic carbocycles. The molecule has 7 nitrogen and oxygen atoms in total. The summed E-state index contributed by atoms with van der Waals surface area (Å²) < 4.78 is 24.4. The Hall–Kier alpha value is -1.93. The van der Waals surface area contributed by atoms with Gasteiger partial charge in [-0.25, -0.2) is 8.42 Å². The van der Waals surface area contributed by atoms with Gasteiger partial charge in [0, 0.05) is 5.92 Å². The van der Waals surface area contributed by atoms with E-state index in [0.29, 0.717) is 9.87 Å². The van der Waals surface area contributed by atoms with Crippen LogP contribution in [0.1, 0.15) is 23.5 Å². The molecule has 8 heteroatoms. The first-order valence-corrected chi connectivity index (χ1v) is 8.43. The van der Waals surface area contributed by atoms with Crippen LogP contribution >= 0.6 is 0 Å². The normalized spacial score (nSPS) is 24.2. The van der Waals surface area contributed by atoms with Crippen molar-refractivity contribution in [1.29, 1.82) is 0 Å². The van der Waals surface area contributed by atoms with E-state index in [2.05, 4.69) is 0 Å². The molecule has 0 spiro atoms. The number of carboxylic acid groups (broad SMARTS) is 2. The number of benzene rings is 1. The van der Waals surface area contributed by atoms with Gasteiger partial charge in [-0.2, -0.15) is 4.31 Å². The van der Waals surface area contributed by atoms with Crippen molar-refractivity contribution in [3.63, 3.8) is 0 Å². The van der Waals surface area contributed by atoms with E-state index in [0.717, 1.165) is 11.8 Å². The van der Waals surface area contributed by atoms with Crippen LogP contribution in [0.5, 0.6) is 0 Å². The first-order valence-electron chi connectivity index (χ1n) is 6.58. The lowest BCUT2D eigenvalue weighted by molar-refractivity contribution is -0.145. The highest BCUT2D eigenvalue weighted by molar-refractivity contribution is 7.88. The molecule has 0 aliphatic heterocycles. The molecule has 2 rings (SSSR count). The average molecular weight is 327 g/mol. The highest BCUT2D eigenvalue weighted by Gasteiger charge is 2.67. The number of hydrogen-bond acceptors (Lipinski definition) is 4. The summed E-state index contributed by atoms with van der Waals surface area (Å²) in [6.07, 6.45) is 0.886. The van der Waals surface area contributed by atoms with Gasteiger partial charge in [0.15, 0.2) is 0 Å². The van der Waals surface area contributed by atoms with Crippen LogP contribution in [0.15, 0.2) is 24.3 Å². The molecule has 1 aliphatic rings. The Balaban J connectivity index is 2.44. The number of hydrogen-bond donors (Lipinski definition) is 2. The Morgan fingerprint density at radius 2 is 1.82 bits per heavy atom. The first kappa shape index (κ1) is 16.4. The highest BCUT2D eigenvalue weighted by atomic mass is 32.2. The summed E-state index contributed by atoms with van der Waals surface area (Å²) in [6.45, 7) is 1.02. The van der Waals surface area contributed by atoms with Crippen LogP contribution in [-0.2, 0) is 19.6 Å². The van der Waals surface area contributed by atoms with Crippen molar-refractivity contribution in [2.75, 3.05) is 12.8 Å². The van der Waals surface area contributed by atoms with E-state index in [1.807, 2.05) is 19.1 Å². The molecule has 2 atom stereocenters. The zero-order chi connectivity index (χ0) is 16.7. The Morgan fingerprint density at radius 1 is 1.27 bits per heavy atom. The Labute approximate surface area is 128 Å². The minimum Gasteiger partial charge on any atom is -0.480 e. The quantitative estimate of drug-likeness (QED) is 0.793. The summed E-state index contributed by atoms with van der Waals surface area (Å²) >= 11 is 0. The van der Waals surface area contributed by atoms with E-state index < -0.39 is 40.0 Å². The van der Waals surface area contributed by atoms with E-state index in [-0.39, 0.29) is 6.42 Å². The fourth-order valence-corrected chi connectivity index (χ4v) is 3.96. The topological polar surface area (TPSA) is 112 Å². The summed E-state index contributed by atoms with van der Waals surface area (Å²) in [5, 5.41) is 18.5. The van der Waals surface area contributed by atoms with Crippen molar-refractivity contribution in [1.82, 2.24) is 4.31 Å². The Kier molecular flexibility index (Phi) is 4.01. The summed E-state index contributed by atoms with van der Waals surface area (Å²) in [5.41, 5.74) is -0.0378. The third-order valence-electron chi connectivity index (χ3n) is 3.91. The van der Waals surface area contributed by atoms with Crippen molar-refractivity contribution in [2.45, 2.75) is 24.8 Å². The van der Waals surface area contributed by atoms with Gasteiger partial charge in [-0.3, -0.25) is 9.59 Å². The number of aliphatic carboxylic acids is 2. The second kappa shape index (κ2) is 5.36. The lowest BCUT2D eigenvalue weighted by Gasteiger charge is -2.26. The van der Waals surface area contributed by atoms with Crippen LogP contribution in [0.25, 0.3) is 0 Å². The lowest BCUT2D eigenvalue weighted by atomic mass is 10.0. The van der Waals surface area contributed by atoms with Crippen LogP contribution in [0.3, 0.4) is 0 Å². The standard InChI is InChI=1S/C14H17NO6S/c1-9-3-5-10(6-4-9)11-7-14(11,13(18)19)15(8-12(16)17)22(2,20)21/h3-6,11H,7-8H2,1-2H3,(H,16,17)(H,18,19). The van der Waals surface area contributed by atoms with Crippen LogP contribution in [0.2, 0.25) is 0 Å². The van der Waals surface area contributed by atoms with Gasteiger partial charge >= 0.3 is 11.9 Å². The number of sulfonamides is 1. The van der Waals surface area contributed by atoms with Gasteiger partial charge in [-0.05, 0) is 18.9 Å². The molecule has 2 unspecified atom stereocenters. The zero-order valence-corrected chi connectivity index (χ0v) is 13.0. The Bertz CT molecular complexity index is 711. The molecule has 0 amide bonds. The lowest BCUT2D eigenvalue weighted by Crippen LogP contribution is -2.50. The molecule has 2 N–H and O–H groups in total. The minimum absolute atomic E-state index is 0.0613. The smallest absolute Gasteiger partial charge is 0.325 e. The predicted molar refractivity (Wildman–Crippen MR) is 78.1 cm³/mol. The Morgan fingerprint density at radius 3 is 2.23 bits per heavy atom. The third-order valence-corrected chi connectivity index (χ3v) is 5.16. The number of rotatable bonds is 6. The van der Waals surface area contributed by atoms with Gasteiger partial charge in [0.1, 0.15) is 12.1 Å². The van der Waals surface area contributed by atoms with Gasteiger partial charge in [-0.1, -0.05) is 29.8 Å². The van der Waals surface area contributed by atoms with Crippen molar-refractivity contribution in [2.24, 2.45) is 0 Å².